The lowest BCUT2D eigenvalue weighted by Crippen LogP contribution is -2.50. The van der Waals surface area contributed by atoms with Crippen molar-refractivity contribution >= 4 is 40.3 Å². The average Bonchev–Trinajstić information content (AvgIpc) is 2.56. The summed E-state index contributed by atoms with van der Waals surface area (Å²) in [5.74, 6) is 0. The van der Waals surface area contributed by atoms with Gasteiger partial charge in [0.1, 0.15) is 0 Å². The van der Waals surface area contributed by atoms with Crippen molar-refractivity contribution in [3.63, 3.8) is 0 Å². The van der Waals surface area contributed by atoms with Gasteiger partial charge in [0.2, 0.25) is 0 Å². The number of rotatable bonds is 2. The smallest absolute Gasteiger partial charge is 0.173 e. The summed E-state index contributed by atoms with van der Waals surface area (Å²) in [5.41, 5.74) is 2.21. The first-order valence-electron chi connectivity index (χ1n) is 7.34. The second kappa shape index (κ2) is 6.99. The third-order valence-electron chi connectivity index (χ3n) is 3.77. The van der Waals surface area contributed by atoms with Crippen molar-refractivity contribution in [1.82, 2.24) is 4.90 Å². The predicted octanol–water partition coefficient (Wildman–Crippen LogP) is 3.86. The van der Waals surface area contributed by atoms with Crippen molar-refractivity contribution in [1.29, 1.82) is 0 Å². The zero-order valence-corrected chi connectivity index (χ0v) is 13.8. The van der Waals surface area contributed by atoms with Crippen molar-refractivity contribution < 1.29 is 0 Å². The van der Waals surface area contributed by atoms with Crippen LogP contribution in [0.2, 0.25) is 5.02 Å². The summed E-state index contributed by atoms with van der Waals surface area (Å²) in [6, 6.07) is 18.1. The first kappa shape index (κ1) is 15.1. The summed E-state index contributed by atoms with van der Waals surface area (Å²) in [4.78, 5) is 4.55. The molecule has 0 saturated carbocycles. The molecule has 1 saturated heterocycles. The highest BCUT2D eigenvalue weighted by Crippen LogP contribution is 2.21. The number of hydrogen-bond acceptors (Lipinski definition) is 2. The molecule has 1 aliphatic rings. The lowest BCUT2D eigenvalue weighted by molar-refractivity contribution is 0.391. The Morgan fingerprint density at radius 1 is 0.955 bits per heavy atom. The number of benzene rings is 2. The molecule has 3 rings (SSSR count). The predicted molar refractivity (Wildman–Crippen MR) is 97.9 cm³/mol. The lowest BCUT2D eigenvalue weighted by Gasteiger charge is -2.37. The van der Waals surface area contributed by atoms with Crippen LogP contribution < -0.4 is 10.2 Å². The van der Waals surface area contributed by atoms with Crippen molar-refractivity contribution in [2.24, 2.45) is 0 Å². The molecule has 2 aromatic rings. The molecule has 0 unspecified atom stereocenters. The highest BCUT2D eigenvalue weighted by Gasteiger charge is 2.19. The largest absolute Gasteiger partial charge is 0.368 e. The fraction of sp³-hybridized carbons (Fsp3) is 0.235. The van der Waals surface area contributed by atoms with Gasteiger partial charge in [-0.05, 0) is 42.5 Å². The fourth-order valence-electron chi connectivity index (χ4n) is 2.56. The Labute approximate surface area is 141 Å². The number of piperazine rings is 1. The van der Waals surface area contributed by atoms with E-state index in [1.807, 2.05) is 48.5 Å². The minimum atomic E-state index is 0.779. The highest BCUT2D eigenvalue weighted by atomic mass is 35.5. The topological polar surface area (TPSA) is 18.5 Å². The zero-order chi connectivity index (χ0) is 15.4. The van der Waals surface area contributed by atoms with E-state index in [4.69, 9.17) is 23.8 Å². The van der Waals surface area contributed by atoms with E-state index >= 15 is 0 Å². The number of anilines is 2. The minimum absolute atomic E-state index is 0.779. The molecule has 1 heterocycles. The molecule has 1 fully saturated rings. The molecule has 5 heteroatoms. The summed E-state index contributed by atoms with van der Waals surface area (Å²) in [7, 11) is 0. The van der Waals surface area contributed by atoms with Gasteiger partial charge in [-0.1, -0.05) is 35.9 Å². The molecule has 0 bridgehead atoms. The number of hydrogen-bond donors (Lipinski definition) is 1. The second-order valence-electron chi connectivity index (χ2n) is 5.25. The van der Waals surface area contributed by atoms with Gasteiger partial charge in [0, 0.05) is 42.6 Å². The number of halogens is 1. The van der Waals surface area contributed by atoms with Crippen LogP contribution in [-0.2, 0) is 0 Å². The van der Waals surface area contributed by atoms with Gasteiger partial charge in [-0.25, -0.2) is 0 Å². The average molecular weight is 332 g/mol. The molecular formula is C17H18ClN3S. The van der Waals surface area contributed by atoms with Crippen LogP contribution in [0.3, 0.4) is 0 Å². The van der Waals surface area contributed by atoms with E-state index in [0.717, 1.165) is 42.0 Å². The van der Waals surface area contributed by atoms with Crippen molar-refractivity contribution in [2.45, 2.75) is 0 Å². The van der Waals surface area contributed by atoms with E-state index < -0.39 is 0 Å². The number of para-hydroxylation sites is 1. The minimum Gasteiger partial charge on any atom is -0.368 e. The summed E-state index contributed by atoms with van der Waals surface area (Å²) in [6.07, 6.45) is 0. The van der Waals surface area contributed by atoms with E-state index in [2.05, 4.69) is 21.2 Å². The van der Waals surface area contributed by atoms with Crippen LogP contribution in [0.4, 0.5) is 11.4 Å². The third-order valence-corrected chi connectivity index (χ3v) is 4.36. The molecule has 0 atom stereocenters. The van der Waals surface area contributed by atoms with Crippen molar-refractivity contribution in [2.75, 3.05) is 36.4 Å². The van der Waals surface area contributed by atoms with Gasteiger partial charge in [0.15, 0.2) is 5.11 Å². The quantitative estimate of drug-likeness (QED) is 0.842. The van der Waals surface area contributed by atoms with Gasteiger partial charge in [-0.2, -0.15) is 0 Å². The van der Waals surface area contributed by atoms with E-state index in [-0.39, 0.29) is 0 Å². The van der Waals surface area contributed by atoms with Crippen molar-refractivity contribution in [3.05, 3.63) is 59.6 Å². The molecule has 1 N–H and O–H groups in total. The molecule has 3 nitrogen and oxygen atoms in total. The maximum Gasteiger partial charge on any atom is 0.173 e. The van der Waals surface area contributed by atoms with Crippen LogP contribution in [0, 0.1) is 0 Å². The van der Waals surface area contributed by atoms with Gasteiger partial charge < -0.3 is 15.1 Å². The van der Waals surface area contributed by atoms with Crippen LogP contribution in [0.1, 0.15) is 0 Å². The SMILES string of the molecule is S=C(Nc1ccccc1)N1CCN(c2cccc(Cl)c2)CC1. The van der Waals surface area contributed by atoms with Crippen LogP contribution in [0.15, 0.2) is 54.6 Å². The Bertz CT molecular complexity index is 639. The second-order valence-corrected chi connectivity index (χ2v) is 6.07. The number of thiocarbonyl (C=S) groups is 1. The molecular weight excluding hydrogens is 314 g/mol. The monoisotopic (exact) mass is 331 g/mol. The Morgan fingerprint density at radius 3 is 2.36 bits per heavy atom. The van der Waals surface area contributed by atoms with Gasteiger partial charge >= 0.3 is 0 Å². The molecule has 2 aromatic carbocycles. The summed E-state index contributed by atoms with van der Waals surface area (Å²) >= 11 is 11.6. The molecule has 22 heavy (non-hydrogen) atoms. The maximum absolute atomic E-state index is 6.07. The summed E-state index contributed by atoms with van der Waals surface area (Å²) < 4.78 is 0. The Morgan fingerprint density at radius 2 is 1.68 bits per heavy atom. The molecule has 0 spiro atoms. The Kier molecular flexibility index (Phi) is 4.80. The van der Waals surface area contributed by atoms with Gasteiger partial charge in [-0.3, -0.25) is 0 Å². The molecule has 114 valence electrons. The first-order chi connectivity index (χ1) is 10.7. The highest BCUT2D eigenvalue weighted by molar-refractivity contribution is 7.80. The van der Waals surface area contributed by atoms with E-state index in [0.29, 0.717) is 0 Å². The summed E-state index contributed by atoms with van der Waals surface area (Å²) in [5, 5.41) is 4.86. The molecule has 0 radical (unpaired) electrons. The number of nitrogens with one attached hydrogen (secondary N) is 1. The summed E-state index contributed by atoms with van der Waals surface area (Å²) in [6.45, 7) is 3.70. The lowest BCUT2D eigenvalue weighted by atomic mass is 10.2. The van der Waals surface area contributed by atoms with Gasteiger partial charge in [0.05, 0.1) is 0 Å². The molecule has 0 amide bonds. The van der Waals surface area contributed by atoms with E-state index in [1.54, 1.807) is 0 Å². The maximum atomic E-state index is 6.07. The fourth-order valence-corrected chi connectivity index (χ4v) is 3.05. The van der Waals surface area contributed by atoms with E-state index in [9.17, 15) is 0 Å². The Balaban J connectivity index is 1.56. The van der Waals surface area contributed by atoms with Crippen LogP contribution in [0.5, 0.6) is 0 Å². The number of nitrogens with zero attached hydrogens (tertiary/aromatic N) is 2. The van der Waals surface area contributed by atoms with Gasteiger partial charge in [-0.15, -0.1) is 0 Å². The van der Waals surface area contributed by atoms with Crippen LogP contribution in [-0.4, -0.2) is 36.2 Å². The Hall–Kier alpha value is -1.78. The van der Waals surface area contributed by atoms with Crippen LogP contribution >= 0.6 is 23.8 Å². The van der Waals surface area contributed by atoms with Gasteiger partial charge in [0.25, 0.3) is 0 Å². The molecule has 1 aliphatic heterocycles. The standard InChI is InChI=1S/C17H18ClN3S/c18-14-5-4-8-16(13-14)20-9-11-21(12-10-20)17(22)19-15-6-2-1-3-7-15/h1-8,13H,9-12H2,(H,19,22). The van der Waals surface area contributed by atoms with E-state index in [1.165, 1.54) is 5.69 Å². The first-order valence-corrected chi connectivity index (χ1v) is 8.12. The normalized spacial score (nSPS) is 14.8. The van der Waals surface area contributed by atoms with Crippen molar-refractivity contribution in [3.8, 4) is 0 Å². The molecule has 0 aromatic heterocycles. The third kappa shape index (κ3) is 3.70. The zero-order valence-electron chi connectivity index (χ0n) is 12.2. The molecule has 0 aliphatic carbocycles. The van der Waals surface area contributed by atoms with Crippen LogP contribution in [0.25, 0.3) is 0 Å².